The van der Waals surface area contributed by atoms with Gasteiger partial charge in [-0.3, -0.25) is 9.69 Å². The van der Waals surface area contributed by atoms with E-state index in [1.165, 1.54) is 3.97 Å². The fraction of sp³-hybridized carbons (Fsp3) is 0.318. The van der Waals surface area contributed by atoms with Gasteiger partial charge >= 0.3 is 0 Å². The van der Waals surface area contributed by atoms with Crippen LogP contribution in [0.25, 0.3) is 10.9 Å². The highest BCUT2D eigenvalue weighted by molar-refractivity contribution is 7.90. The van der Waals surface area contributed by atoms with Gasteiger partial charge in [0.25, 0.3) is 16.5 Å². The molecular weight excluding hydrogens is 404 g/mol. The average Bonchev–Trinajstić information content (AvgIpc) is 3.17. The third-order valence-electron chi connectivity index (χ3n) is 5.41. The van der Waals surface area contributed by atoms with Gasteiger partial charge in [-0.05, 0) is 30.7 Å². The molecule has 0 N–H and O–H groups in total. The zero-order valence-corrected chi connectivity index (χ0v) is 17.5. The molecule has 1 fully saturated rings. The largest absolute Gasteiger partial charge is 0.460 e. The lowest BCUT2D eigenvalue weighted by atomic mass is 10.0. The van der Waals surface area contributed by atoms with Crippen molar-refractivity contribution in [1.29, 1.82) is 0 Å². The SMILES string of the molecule is CC(OC=O)c1cn(S(=O)(=O)c2ccccc2)c2cccc(CN3CCOCC3)c12. The Kier molecular flexibility index (Phi) is 5.90. The molecule has 1 aliphatic heterocycles. The Morgan fingerprint density at radius 2 is 1.83 bits per heavy atom. The van der Waals surface area contributed by atoms with Crippen molar-refractivity contribution < 1.29 is 22.7 Å². The van der Waals surface area contributed by atoms with Crippen LogP contribution in [0.3, 0.4) is 0 Å². The molecule has 0 spiro atoms. The van der Waals surface area contributed by atoms with Crippen molar-refractivity contribution in [1.82, 2.24) is 8.87 Å². The summed E-state index contributed by atoms with van der Waals surface area (Å²) in [4.78, 5) is 13.5. The van der Waals surface area contributed by atoms with Crippen molar-refractivity contribution in [2.75, 3.05) is 26.3 Å². The minimum absolute atomic E-state index is 0.205. The molecule has 2 heterocycles. The van der Waals surface area contributed by atoms with E-state index in [1.807, 2.05) is 12.1 Å². The summed E-state index contributed by atoms with van der Waals surface area (Å²) in [5.41, 5.74) is 2.23. The number of hydrogen-bond acceptors (Lipinski definition) is 6. The Bertz CT molecular complexity index is 1140. The Balaban J connectivity index is 1.88. The van der Waals surface area contributed by atoms with Crippen LogP contribution in [0.2, 0.25) is 0 Å². The molecule has 2 aromatic carbocycles. The number of morpholine rings is 1. The fourth-order valence-electron chi connectivity index (χ4n) is 3.87. The van der Waals surface area contributed by atoms with E-state index in [-0.39, 0.29) is 4.90 Å². The van der Waals surface area contributed by atoms with Crippen molar-refractivity contribution >= 4 is 27.4 Å². The molecule has 0 amide bonds. The van der Waals surface area contributed by atoms with Crippen LogP contribution < -0.4 is 0 Å². The smallest absolute Gasteiger partial charge is 0.293 e. The molecule has 1 aliphatic rings. The van der Waals surface area contributed by atoms with Gasteiger partial charge in [0.05, 0.1) is 23.6 Å². The van der Waals surface area contributed by atoms with Gasteiger partial charge in [-0.15, -0.1) is 0 Å². The highest BCUT2D eigenvalue weighted by Gasteiger charge is 2.25. The van der Waals surface area contributed by atoms with Gasteiger partial charge in [0.1, 0.15) is 6.10 Å². The Labute approximate surface area is 175 Å². The molecule has 0 saturated carbocycles. The first-order chi connectivity index (χ1) is 14.5. The maximum Gasteiger partial charge on any atom is 0.293 e. The normalized spacial score (nSPS) is 16.4. The van der Waals surface area contributed by atoms with Crippen LogP contribution in [0.5, 0.6) is 0 Å². The van der Waals surface area contributed by atoms with E-state index >= 15 is 0 Å². The van der Waals surface area contributed by atoms with Gasteiger partial charge in [0.2, 0.25) is 0 Å². The standard InChI is InChI=1S/C22H24N2O5S/c1-17(29-16-25)20-15-24(30(26,27)19-7-3-2-4-8-19)21-9-5-6-18(22(20)21)14-23-10-12-28-13-11-23/h2-9,15-17H,10-14H2,1H3. The number of nitrogens with zero attached hydrogens (tertiary/aromatic N) is 2. The quantitative estimate of drug-likeness (QED) is 0.539. The van der Waals surface area contributed by atoms with Crippen molar-refractivity contribution in [3.63, 3.8) is 0 Å². The van der Waals surface area contributed by atoms with Crippen LogP contribution >= 0.6 is 0 Å². The number of rotatable bonds is 7. The number of ether oxygens (including phenoxy) is 2. The molecule has 158 valence electrons. The molecular formula is C22H24N2O5S. The summed E-state index contributed by atoms with van der Waals surface area (Å²) in [6.45, 7) is 5.78. The molecule has 4 rings (SSSR count). The lowest BCUT2D eigenvalue weighted by Gasteiger charge is -2.27. The number of hydrogen-bond donors (Lipinski definition) is 0. The topological polar surface area (TPSA) is 77.8 Å². The lowest BCUT2D eigenvalue weighted by Crippen LogP contribution is -2.35. The second-order valence-corrected chi connectivity index (χ2v) is 9.09. The third-order valence-corrected chi connectivity index (χ3v) is 7.09. The number of benzene rings is 2. The predicted molar refractivity (Wildman–Crippen MR) is 113 cm³/mol. The van der Waals surface area contributed by atoms with E-state index in [1.54, 1.807) is 49.5 Å². The van der Waals surface area contributed by atoms with Crippen LogP contribution in [0, 0.1) is 0 Å². The van der Waals surface area contributed by atoms with E-state index in [2.05, 4.69) is 4.90 Å². The van der Waals surface area contributed by atoms with Gasteiger partial charge in [-0.1, -0.05) is 30.3 Å². The van der Waals surface area contributed by atoms with E-state index in [9.17, 15) is 13.2 Å². The number of aromatic nitrogens is 1. The summed E-state index contributed by atoms with van der Waals surface area (Å²) < 4.78 is 38.7. The van der Waals surface area contributed by atoms with E-state index in [0.717, 1.165) is 24.0 Å². The van der Waals surface area contributed by atoms with Crippen molar-refractivity contribution in [3.05, 3.63) is 65.9 Å². The van der Waals surface area contributed by atoms with Crippen LogP contribution in [0.15, 0.2) is 59.6 Å². The van der Waals surface area contributed by atoms with Crippen molar-refractivity contribution in [2.24, 2.45) is 0 Å². The summed E-state index contributed by atoms with van der Waals surface area (Å²) >= 11 is 0. The van der Waals surface area contributed by atoms with E-state index in [0.29, 0.717) is 37.3 Å². The molecule has 0 radical (unpaired) electrons. The number of carbonyl (C=O) groups excluding carboxylic acids is 1. The molecule has 0 bridgehead atoms. The zero-order chi connectivity index (χ0) is 21.1. The summed E-state index contributed by atoms with van der Waals surface area (Å²) in [7, 11) is -3.80. The van der Waals surface area contributed by atoms with Crippen molar-refractivity contribution in [3.8, 4) is 0 Å². The summed E-state index contributed by atoms with van der Waals surface area (Å²) in [6.07, 6.45) is 0.993. The maximum absolute atomic E-state index is 13.4. The summed E-state index contributed by atoms with van der Waals surface area (Å²) in [5, 5.41) is 0.804. The lowest BCUT2D eigenvalue weighted by molar-refractivity contribution is -0.133. The first-order valence-corrected chi connectivity index (χ1v) is 11.3. The molecule has 3 aromatic rings. The maximum atomic E-state index is 13.4. The van der Waals surface area contributed by atoms with Crippen LogP contribution in [-0.2, 0) is 30.8 Å². The Morgan fingerprint density at radius 3 is 2.53 bits per heavy atom. The van der Waals surface area contributed by atoms with E-state index < -0.39 is 16.1 Å². The molecule has 0 aliphatic carbocycles. The minimum atomic E-state index is -3.80. The van der Waals surface area contributed by atoms with Gasteiger partial charge in [0, 0.05) is 36.8 Å². The number of carbonyl (C=O) groups is 1. The van der Waals surface area contributed by atoms with Gasteiger partial charge in [-0.25, -0.2) is 12.4 Å². The minimum Gasteiger partial charge on any atom is -0.460 e. The first-order valence-electron chi connectivity index (χ1n) is 9.85. The molecule has 30 heavy (non-hydrogen) atoms. The second-order valence-electron chi connectivity index (χ2n) is 7.27. The summed E-state index contributed by atoms with van der Waals surface area (Å²) in [6, 6.07) is 14.0. The highest BCUT2D eigenvalue weighted by Crippen LogP contribution is 2.34. The first kappa shape index (κ1) is 20.6. The predicted octanol–water partition coefficient (Wildman–Crippen LogP) is 2.94. The van der Waals surface area contributed by atoms with Gasteiger partial charge in [0.15, 0.2) is 0 Å². The Hall–Kier alpha value is -2.68. The fourth-order valence-corrected chi connectivity index (χ4v) is 5.26. The highest BCUT2D eigenvalue weighted by atomic mass is 32.2. The molecule has 1 aromatic heterocycles. The second kappa shape index (κ2) is 8.59. The monoisotopic (exact) mass is 428 g/mol. The number of fused-ring (bicyclic) bond motifs is 1. The molecule has 8 heteroatoms. The summed E-state index contributed by atoms with van der Waals surface area (Å²) in [5.74, 6) is 0. The average molecular weight is 429 g/mol. The zero-order valence-electron chi connectivity index (χ0n) is 16.7. The van der Waals surface area contributed by atoms with Crippen LogP contribution in [-0.4, -0.2) is 50.1 Å². The Morgan fingerprint density at radius 1 is 1.10 bits per heavy atom. The molecule has 1 atom stereocenters. The molecule has 1 saturated heterocycles. The van der Waals surface area contributed by atoms with Gasteiger partial charge < -0.3 is 9.47 Å². The van der Waals surface area contributed by atoms with Crippen LogP contribution in [0.4, 0.5) is 0 Å². The van der Waals surface area contributed by atoms with Crippen molar-refractivity contribution in [2.45, 2.75) is 24.5 Å². The molecule has 1 unspecified atom stereocenters. The van der Waals surface area contributed by atoms with Gasteiger partial charge in [-0.2, -0.15) is 0 Å². The third kappa shape index (κ3) is 3.86. The van der Waals surface area contributed by atoms with E-state index in [4.69, 9.17) is 9.47 Å². The molecule has 7 nitrogen and oxygen atoms in total. The van der Waals surface area contributed by atoms with Crippen LogP contribution in [0.1, 0.15) is 24.2 Å².